The SMILES string of the molecule is O=C(O)CCC(NS(=O)(=O)c1ccc(F)c(Cl)c1)C(=O)O. The van der Waals surface area contributed by atoms with E-state index in [1.807, 2.05) is 4.72 Å². The number of hydrogen-bond donors (Lipinski definition) is 3. The van der Waals surface area contributed by atoms with E-state index in [-0.39, 0.29) is 0 Å². The molecule has 1 aromatic carbocycles. The lowest BCUT2D eigenvalue weighted by molar-refractivity contribution is -0.140. The van der Waals surface area contributed by atoms with E-state index in [0.29, 0.717) is 0 Å². The Balaban J connectivity index is 2.97. The first kappa shape index (κ1) is 17.3. The largest absolute Gasteiger partial charge is 0.481 e. The van der Waals surface area contributed by atoms with Gasteiger partial charge in [-0.1, -0.05) is 11.6 Å². The van der Waals surface area contributed by atoms with Gasteiger partial charge >= 0.3 is 11.9 Å². The molecule has 0 spiro atoms. The van der Waals surface area contributed by atoms with Crippen LogP contribution >= 0.6 is 11.6 Å². The Hall–Kier alpha value is -1.71. The maximum Gasteiger partial charge on any atom is 0.321 e. The van der Waals surface area contributed by atoms with Crippen molar-refractivity contribution < 1.29 is 32.6 Å². The maximum absolute atomic E-state index is 13.0. The molecule has 1 rings (SSSR count). The van der Waals surface area contributed by atoms with Crippen LogP contribution in [0.15, 0.2) is 23.1 Å². The van der Waals surface area contributed by atoms with E-state index in [4.69, 9.17) is 21.8 Å². The van der Waals surface area contributed by atoms with Crippen LogP contribution in [0.2, 0.25) is 5.02 Å². The van der Waals surface area contributed by atoms with Gasteiger partial charge in [-0.05, 0) is 24.6 Å². The average molecular weight is 340 g/mol. The lowest BCUT2D eigenvalue weighted by Crippen LogP contribution is -2.41. The van der Waals surface area contributed by atoms with E-state index in [1.54, 1.807) is 0 Å². The highest BCUT2D eigenvalue weighted by atomic mass is 35.5. The Bertz CT molecular complexity index is 663. The van der Waals surface area contributed by atoms with Crippen LogP contribution in [0.3, 0.4) is 0 Å². The van der Waals surface area contributed by atoms with Gasteiger partial charge in [-0.3, -0.25) is 9.59 Å². The third kappa shape index (κ3) is 4.96. The molecule has 0 fully saturated rings. The van der Waals surface area contributed by atoms with E-state index < -0.39 is 56.6 Å². The number of hydrogen-bond acceptors (Lipinski definition) is 4. The normalized spacial score (nSPS) is 12.9. The molecule has 1 unspecified atom stereocenters. The Morgan fingerprint density at radius 1 is 1.33 bits per heavy atom. The number of aliphatic carboxylic acids is 2. The van der Waals surface area contributed by atoms with Crippen LogP contribution in [-0.4, -0.2) is 36.6 Å². The molecule has 0 saturated carbocycles. The molecule has 1 aromatic rings. The molecule has 116 valence electrons. The molecule has 0 aromatic heterocycles. The summed E-state index contributed by atoms with van der Waals surface area (Å²) in [6.07, 6.45) is -0.956. The van der Waals surface area contributed by atoms with Gasteiger partial charge in [0.25, 0.3) is 0 Å². The third-order valence-electron chi connectivity index (χ3n) is 2.44. The van der Waals surface area contributed by atoms with Crippen LogP contribution in [0.4, 0.5) is 4.39 Å². The first-order valence-corrected chi connectivity index (χ1v) is 7.41. The molecule has 10 heteroatoms. The Labute approximate surface area is 124 Å². The number of benzene rings is 1. The van der Waals surface area contributed by atoms with Crippen LogP contribution in [0.25, 0.3) is 0 Å². The van der Waals surface area contributed by atoms with Crippen LogP contribution in [0.5, 0.6) is 0 Å². The fourth-order valence-corrected chi connectivity index (χ4v) is 2.89. The van der Waals surface area contributed by atoms with Gasteiger partial charge in [0.2, 0.25) is 10.0 Å². The van der Waals surface area contributed by atoms with Gasteiger partial charge < -0.3 is 10.2 Å². The summed E-state index contributed by atoms with van der Waals surface area (Å²) in [4.78, 5) is 20.9. The minimum Gasteiger partial charge on any atom is -0.481 e. The standard InChI is InChI=1S/C11H11ClFNO6S/c12-7-5-6(1-2-8(7)13)21(19,20)14-9(11(17)18)3-4-10(15)16/h1-2,5,9,14H,3-4H2,(H,15,16)(H,17,18). The van der Waals surface area contributed by atoms with Crippen molar-refractivity contribution in [1.29, 1.82) is 0 Å². The first-order chi connectivity index (χ1) is 9.63. The summed E-state index contributed by atoms with van der Waals surface area (Å²) in [5.41, 5.74) is 0. The molecule has 7 nitrogen and oxygen atoms in total. The van der Waals surface area contributed by atoms with E-state index in [2.05, 4.69) is 0 Å². The number of nitrogens with one attached hydrogen (secondary N) is 1. The quantitative estimate of drug-likeness (QED) is 0.683. The molecular weight excluding hydrogens is 329 g/mol. The maximum atomic E-state index is 13.0. The first-order valence-electron chi connectivity index (χ1n) is 5.55. The van der Waals surface area contributed by atoms with Gasteiger partial charge in [0.1, 0.15) is 11.9 Å². The Morgan fingerprint density at radius 2 is 1.95 bits per heavy atom. The number of halogens is 2. The van der Waals surface area contributed by atoms with Crippen molar-refractivity contribution in [2.45, 2.75) is 23.8 Å². The Morgan fingerprint density at radius 3 is 2.43 bits per heavy atom. The number of sulfonamides is 1. The number of carboxylic acid groups (broad SMARTS) is 2. The van der Waals surface area contributed by atoms with Crippen molar-refractivity contribution in [3.05, 3.63) is 29.0 Å². The summed E-state index contributed by atoms with van der Waals surface area (Å²) >= 11 is 5.46. The average Bonchev–Trinajstić information content (AvgIpc) is 2.37. The zero-order chi connectivity index (χ0) is 16.2. The third-order valence-corrected chi connectivity index (χ3v) is 4.20. The lowest BCUT2D eigenvalue weighted by Gasteiger charge is -2.14. The molecule has 0 aliphatic rings. The molecular formula is C11H11ClFNO6S. The van der Waals surface area contributed by atoms with Crippen LogP contribution in [-0.2, 0) is 19.6 Å². The summed E-state index contributed by atoms with van der Waals surface area (Å²) in [5, 5.41) is 17.0. The van der Waals surface area contributed by atoms with Crippen LogP contribution in [0, 0.1) is 5.82 Å². The van der Waals surface area contributed by atoms with Gasteiger partial charge in [-0.15, -0.1) is 0 Å². The molecule has 0 saturated heterocycles. The lowest BCUT2D eigenvalue weighted by atomic mass is 10.2. The van der Waals surface area contributed by atoms with Crippen molar-refractivity contribution in [3.63, 3.8) is 0 Å². The highest BCUT2D eigenvalue weighted by Crippen LogP contribution is 2.19. The van der Waals surface area contributed by atoms with Gasteiger partial charge in [0.05, 0.1) is 9.92 Å². The molecule has 0 aliphatic carbocycles. The van der Waals surface area contributed by atoms with Gasteiger partial charge in [-0.2, -0.15) is 4.72 Å². The van der Waals surface area contributed by atoms with Gasteiger partial charge in [0.15, 0.2) is 0 Å². The van der Waals surface area contributed by atoms with Crippen LogP contribution < -0.4 is 4.72 Å². The highest BCUT2D eigenvalue weighted by Gasteiger charge is 2.26. The fourth-order valence-electron chi connectivity index (χ4n) is 1.40. The second-order valence-corrected chi connectivity index (χ2v) is 6.14. The van der Waals surface area contributed by atoms with Gasteiger partial charge in [-0.25, -0.2) is 12.8 Å². The monoisotopic (exact) mass is 339 g/mol. The smallest absolute Gasteiger partial charge is 0.321 e. The van der Waals surface area contributed by atoms with Crippen molar-refractivity contribution in [3.8, 4) is 0 Å². The molecule has 21 heavy (non-hydrogen) atoms. The van der Waals surface area contributed by atoms with Crippen molar-refractivity contribution >= 4 is 33.6 Å². The summed E-state index contributed by atoms with van der Waals surface area (Å²) in [7, 11) is -4.27. The molecule has 1 atom stereocenters. The van der Waals surface area contributed by atoms with E-state index in [0.717, 1.165) is 18.2 Å². The molecule has 0 bridgehead atoms. The number of rotatable bonds is 7. The highest BCUT2D eigenvalue weighted by molar-refractivity contribution is 7.89. The Kier molecular flexibility index (Phi) is 5.64. The summed E-state index contributed by atoms with van der Waals surface area (Å²) in [6.45, 7) is 0. The second kappa shape index (κ2) is 6.83. The number of carbonyl (C=O) groups is 2. The molecule has 0 aliphatic heterocycles. The van der Waals surface area contributed by atoms with Gasteiger partial charge in [0, 0.05) is 6.42 Å². The minimum atomic E-state index is -4.27. The molecule has 0 amide bonds. The summed E-state index contributed by atoms with van der Waals surface area (Å²) < 4.78 is 38.7. The van der Waals surface area contributed by atoms with E-state index >= 15 is 0 Å². The zero-order valence-electron chi connectivity index (χ0n) is 10.4. The predicted molar refractivity (Wildman–Crippen MR) is 70.0 cm³/mol. The minimum absolute atomic E-state index is 0.421. The zero-order valence-corrected chi connectivity index (χ0v) is 12.0. The summed E-state index contributed by atoms with van der Waals surface area (Å²) in [6, 6.07) is 0.953. The van der Waals surface area contributed by atoms with Crippen molar-refractivity contribution in [1.82, 2.24) is 4.72 Å². The summed E-state index contributed by atoms with van der Waals surface area (Å²) in [5.74, 6) is -3.60. The van der Waals surface area contributed by atoms with Crippen molar-refractivity contribution in [2.24, 2.45) is 0 Å². The second-order valence-electron chi connectivity index (χ2n) is 4.02. The fraction of sp³-hybridized carbons (Fsp3) is 0.273. The number of carboxylic acids is 2. The van der Waals surface area contributed by atoms with Crippen LogP contribution in [0.1, 0.15) is 12.8 Å². The molecule has 3 N–H and O–H groups in total. The predicted octanol–water partition coefficient (Wildman–Crippen LogP) is 1.08. The topological polar surface area (TPSA) is 121 Å². The molecule has 0 radical (unpaired) electrons. The van der Waals surface area contributed by atoms with E-state index in [9.17, 15) is 22.4 Å². The molecule has 0 heterocycles. The van der Waals surface area contributed by atoms with Crippen molar-refractivity contribution in [2.75, 3.05) is 0 Å². The van der Waals surface area contributed by atoms with E-state index in [1.165, 1.54) is 0 Å².